The lowest BCUT2D eigenvalue weighted by Crippen LogP contribution is -2.29. The third kappa shape index (κ3) is 3.32. The molecule has 0 saturated heterocycles. The molecule has 1 heterocycles. The zero-order valence-electron chi connectivity index (χ0n) is 10.7. The predicted molar refractivity (Wildman–Crippen MR) is 70.3 cm³/mol. The molecule has 6 heteroatoms. The van der Waals surface area contributed by atoms with Crippen molar-refractivity contribution in [3.63, 3.8) is 0 Å². The third-order valence-corrected chi connectivity index (χ3v) is 2.69. The number of amides is 1. The Morgan fingerprint density at radius 1 is 1.42 bits per heavy atom. The van der Waals surface area contributed by atoms with E-state index in [0.717, 1.165) is 17.9 Å². The van der Waals surface area contributed by atoms with E-state index in [1.165, 1.54) is 0 Å². The summed E-state index contributed by atoms with van der Waals surface area (Å²) in [6, 6.07) is 7.07. The quantitative estimate of drug-likeness (QED) is 0.479. The first-order valence-electron chi connectivity index (χ1n) is 5.98. The minimum absolute atomic E-state index is 0.309. The topological polar surface area (TPSA) is 82.2 Å². The standard InChI is InChI=1S/C13H16N4O2/c1-2-17-8-12(7-15-17)19-9-10-3-5-11(6-4-10)13(18)16-14/h3-8H,2,9,14H2,1H3,(H,16,18). The van der Waals surface area contributed by atoms with E-state index in [1.54, 1.807) is 23.0 Å². The highest BCUT2D eigenvalue weighted by atomic mass is 16.5. The van der Waals surface area contributed by atoms with Crippen molar-refractivity contribution in [3.05, 3.63) is 47.8 Å². The lowest BCUT2D eigenvalue weighted by atomic mass is 10.1. The Balaban J connectivity index is 1.94. The molecule has 19 heavy (non-hydrogen) atoms. The fourth-order valence-corrected chi connectivity index (χ4v) is 1.59. The Morgan fingerprint density at radius 3 is 2.74 bits per heavy atom. The van der Waals surface area contributed by atoms with Gasteiger partial charge in [0, 0.05) is 12.1 Å². The molecule has 0 spiro atoms. The minimum Gasteiger partial charge on any atom is -0.486 e. The van der Waals surface area contributed by atoms with Gasteiger partial charge in [0.15, 0.2) is 5.75 Å². The molecule has 0 saturated carbocycles. The molecule has 0 aliphatic carbocycles. The van der Waals surface area contributed by atoms with Gasteiger partial charge in [0.05, 0.1) is 12.4 Å². The molecule has 0 radical (unpaired) electrons. The Kier molecular flexibility index (Phi) is 4.15. The van der Waals surface area contributed by atoms with Gasteiger partial charge >= 0.3 is 0 Å². The van der Waals surface area contributed by atoms with E-state index in [9.17, 15) is 4.79 Å². The maximum atomic E-state index is 11.3. The summed E-state index contributed by atoms with van der Waals surface area (Å²) >= 11 is 0. The maximum Gasteiger partial charge on any atom is 0.265 e. The Bertz CT molecular complexity index is 548. The first-order chi connectivity index (χ1) is 9.22. The summed E-state index contributed by atoms with van der Waals surface area (Å²) in [5, 5.41) is 4.12. The van der Waals surface area contributed by atoms with Crippen molar-refractivity contribution in [2.24, 2.45) is 5.84 Å². The van der Waals surface area contributed by atoms with Crippen LogP contribution in [-0.2, 0) is 13.2 Å². The number of nitrogen functional groups attached to an aromatic ring is 1. The van der Waals surface area contributed by atoms with Gasteiger partial charge in [-0.1, -0.05) is 12.1 Å². The average molecular weight is 260 g/mol. The van der Waals surface area contributed by atoms with Gasteiger partial charge < -0.3 is 4.74 Å². The number of nitrogens with two attached hydrogens (primary N) is 1. The Hall–Kier alpha value is -2.34. The fourth-order valence-electron chi connectivity index (χ4n) is 1.59. The summed E-state index contributed by atoms with van der Waals surface area (Å²) in [7, 11) is 0. The molecule has 1 aromatic carbocycles. The van der Waals surface area contributed by atoms with E-state index in [4.69, 9.17) is 10.6 Å². The molecule has 0 fully saturated rings. The van der Waals surface area contributed by atoms with E-state index < -0.39 is 0 Å². The first kappa shape index (κ1) is 13.1. The molecule has 100 valence electrons. The number of nitrogens with one attached hydrogen (secondary N) is 1. The number of benzene rings is 1. The average Bonchev–Trinajstić information content (AvgIpc) is 2.93. The van der Waals surface area contributed by atoms with Crippen molar-refractivity contribution in [2.75, 3.05) is 0 Å². The molecule has 2 rings (SSSR count). The number of ether oxygens (including phenoxy) is 1. The molecule has 1 aromatic heterocycles. The van der Waals surface area contributed by atoms with Crippen molar-refractivity contribution in [1.82, 2.24) is 15.2 Å². The van der Waals surface area contributed by atoms with Crippen LogP contribution in [0, 0.1) is 0 Å². The van der Waals surface area contributed by atoms with E-state index in [1.807, 2.05) is 25.3 Å². The van der Waals surface area contributed by atoms with Gasteiger partial charge in [0.25, 0.3) is 5.91 Å². The monoisotopic (exact) mass is 260 g/mol. The van der Waals surface area contributed by atoms with Crippen molar-refractivity contribution in [2.45, 2.75) is 20.1 Å². The largest absolute Gasteiger partial charge is 0.486 e. The van der Waals surface area contributed by atoms with Crippen molar-refractivity contribution < 1.29 is 9.53 Å². The summed E-state index contributed by atoms with van der Waals surface area (Å²) in [4.78, 5) is 11.3. The first-order valence-corrected chi connectivity index (χ1v) is 5.98. The van der Waals surface area contributed by atoms with Crippen LogP contribution in [-0.4, -0.2) is 15.7 Å². The second kappa shape index (κ2) is 6.01. The van der Waals surface area contributed by atoms with Gasteiger partial charge in [0.2, 0.25) is 0 Å². The highest BCUT2D eigenvalue weighted by molar-refractivity contribution is 5.93. The van der Waals surface area contributed by atoms with Gasteiger partial charge in [-0.2, -0.15) is 5.10 Å². The van der Waals surface area contributed by atoms with Gasteiger partial charge in [-0.15, -0.1) is 0 Å². The van der Waals surface area contributed by atoms with Crippen molar-refractivity contribution >= 4 is 5.91 Å². The van der Waals surface area contributed by atoms with Crippen molar-refractivity contribution in [3.8, 4) is 5.75 Å². The van der Waals surface area contributed by atoms with Crippen molar-refractivity contribution in [1.29, 1.82) is 0 Å². The highest BCUT2D eigenvalue weighted by Crippen LogP contribution is 2.12. The molecule has 0 aliphatic rings. The van der Waals surface area contributed by atoms with Crippen LogP contribution in [0.25, 0.3) is 0 Å². The number of aromatic nitrogens is 2. The van der Waals surface area contributed by atoms with E-state index in [0.29, 0.717) is 12.2 Å². The molecular formula is C13H16N4O2. The van der Waals surface area contributed by atoms with Crippen LogP contribution < -0.4 is 16.0 Å². The summed E-state index contributed by atoms with van der Waals surface area (Å²) in [5.41, 5.74) is 3.58. The van der Waals surface area contributed by atoms with Gasteiger partial charge in [0.1, 0.15) is 6.61 Å². The van der Waals surface area contributed by atoms with Gasteiger partial charge in [-0.05, 0) is 24.6 Å². The van der Waals surface area contributed by atoms with Gasteiger partial charge in [-0.25, -0.2) is 5.84 Å². The molecule has 0 aliphatic heterocycles. The molecule has 2 aromatic rings. The lowest BCUT2D eigenvalue weighted by Gasteiger charge is -2.04. The number of hydrazine groups is 1. The number of hydrogen-bond donors (Lipinski definition) is 2. The summed E-state index contributed by atoms with van der Waals surface area (Å²) in [5.74, 6) is 5.48. The number of nitrogens with zero attached hydrogens (tertiary/aromatic N) is 2. The maximum absolute atomic E-state index is 11.3. The zero-order valence-corrected chi connectivity index (χ0v) is 10.7. The van der Waals surface area contributed by atoms with Crippen LogP contribution in [0.15, 0.2) is 36.7 Å². The predicted octanol–water partition coefficient (Wildman–Crippen LogP) is 1.09. The molecule has 1 amide bonds. The number of carbonyl (C=O) groups is 1. The highest BCUT2D eigenvalue weighted by Gasteiger charge is 2.03. The number of carbonyl (C=O) groups excluding carboxylic acids is 1. The molecule has 0 atom stereocenters. The normalized spacial score (nSPS) is 10.2. The van der Waals surface area contributed by atoms with Crippen LogP contribution in [0.2, 0.25) is 0 Å². The Labute approximate surface area is 111 Å². The van der Waals surface area contributed by atoms with Crippen LogP contribution in [0.1, 0.15) is 22.8 Å². The second-order valence-corrected chi connectivity index (χ2v) is 3.99. The number of hydrogen-bond acceptors (Lipinski definition) is 4. The summed E-state index contributed by atoms with van der Waals surface area (Å²) in [6.07, 6.45) is 3.52. The van der Waals surface area contributed by atoms with Gasteiger partial charge in [-0.3, -0.25) is 14.9 Å². The van der Waals surface area contributed by atoms with E-state index in [-0.39, 0.29) is 5.91 Å². The van der Waals surface area contributed by atoms with E-state index >= 15 is 0 Å². The molecule has 0 bridgehead atoms. The SMILES string of the molecule is CCn1cc(OCc2ccc(C(=O)NN)cc2)cn1. The van der Waals surface area contributed by atoms with Crippen LogP contribution in [0.5, 0.6) is 5.75 Å². The minimum atomic E-state index is -0.309. The number of rotatable bonds is 5. The summed E-state index contributed by atoms with van der Waals surface area (Å²) < 4.78 is 7.39. The third-order valence-electron chi connectivity index (χ3n) is 2.69. The van der Waals surface area contributed by atoms with Crippen LogP contribution in [0.4, 0.5) is 0 Å². The second-order valence-electron chi connectivity index (χ2n) is 3.99. The number of aryl methyl sites for hydroxylation is 1. The molecule has 3 N–H and O–H groups in total. The van der Waals surface area contributed by atoms with E-state index in [2.05, 4.69) is 10.5 Å². The molecule has 6 nitrogen and oxygen atoms in total. The zero-order chi connectivity index (χ0) is 13.7. The molecular weight excluding hydrogens is 244 g/mol. The smallest absolute Gasteiger partial charge is 0.265 e. The molecule has 0 unspecified atom stereocenters. The Morgan fingerprint density at radius 2 is 2.16 bits per heavy atom. The summed E-state index contributed by atoms with van der Waals surface area (Å²) in [6.45, 7) is 3.25. The van der Waals surface area contributed by atoms with Crippen LogP contribution in [0.3, 0.4) is 0 Å². The fraction of sp³-hybridized carbons (Fsp3) is 0.231. The lowest BCUT2D eigenvalue weighted by molar-refractivity contribution is 0.0953. The van der Waals surface area contributed by atoms with Crippen LogP contribution >= 0.6 is 0 Å².